The fraction of sp³-hybridized carbons (Fsp3) is 0.125. The van der Waals surface area contributed by atoms with Gasteiger partial charge in [0.2, 0.25) is 0 Å². The first-order valence-corrected chi connectivity index (χ1v) is 11.7. The van der Waals surface area contributed by atoms with Crippen molar-refractivity contribution in [2.45, 2.75) is 6.92 Å². The molecule has 3 aromatic carbocycles. The van der Waals surface area contributed by atoms with Crippen LogP contribution in [-0.2, 0) is 0 Å². The van der Waals surface area contributed by atoms with E-state index in [1.54, 1.807) is 36.6 Å². The zero-order chi connectivity index (χ0) is 23.4. The number of halogens is 1. The monoisotopic (exact) mass is 497 g/mol. The molecular formula is C24H20ClN3O3S2. The number of benzene rings is 3. The summed E-state index contributed by atoms with van der Waals surface area (Å²) in [5.41, 5.74) is 2.83. The summed E-state index contributed by atoms with van der Waals surface area (Å²) in [7, 11) is 1.57. The Hall–Kier alpha value is -3.20. The van der Waals surface area contributed by atoms with E-state index in [1.165, 1.54) is 0 Å². The van der Waals surface area contributed by atoms with Crippen molar-refractivity contribution >= 4 is 62.1 Å². The maximum Gasteiger partial charge on any atom is 0.257 e. The Kier molecular flexibility index (Phi) is 7.08. The first-order valence-electron chi connectivity index (χ1n) is 10.1. The van der Waals surface area contributed by atoms with Gasteiger partial charge in [-0.2, -0.15) is 0 Å². The van der Waals surface area contributed by atoms with E-state index in [1.807, 2.05) is 49.4 Å². The maximum absolute atomic E-state index is 12.6. The fourth-order valence-electron chi connectivity index (χ4n) is 3.18. The van der Waals surface area contributed by atoms with Crippen molar-refractivity contribution in [1.82, 2.24) is 10.3 Å². The van der Waals surface area contributed by atoms with Gasteiger partial charge in [0, 0.05) is 11.1 Å². The van der Waals surface area contributed by atoms with E-state index in [9.17, 15) is 4.79 Å². The highest BCUT2D eigenvalue weighted by molar-refractivity contribution is 7.80. The van der Waals surface area contributed by atoms with Crippen LogP contribution in [0.4, 0.5) is 5.69 Å². The van der Waals surface area contributed by atoms with Gasteiger partial charge in [0.05, 0.1) is 34.6 Å². The predicted molar refractivity (Wildman–Crippen MR) is 138 cm³/mol. The number of hydrogen-bond acceptors (Lipinski definition) is 6. The topological polar surface area (TPSA) is 72.5 Å². The summed E-state index contributed by atoms with van der Waals surface area (Å²) < 4.78 is 12.0. The fourth-order valence-corrected chi connectivity index (χ4v) is 4.58. The first-order chi connectivity index (χ1) is 16.0. The Morgan fingerprint density at radius 2 is 1.91 bits per heavy atom. The lowest BCUT2D eigenvalue weighted by Gasteiger charge is -2.14. The van der Waals surface area contributed by atoms with Gasteiger partial charge in [-0.15, -0.1) is 11.3 Å². The number of ether oxygens (including phenoxy) is 2. The van der Waals surface area contributed by atoms with E-state index in [0.29, 0.717) is 34.4 Å². The molecular weight excluding hydrogens is 478 g/mol. The summed E-state index contributed by atoms with van der Waals surface area (Å²) in [5.74, 6) is 0.715. The van der Waals surface area contributed by atoms with Gasteiger partial charge < -0.3 is 14.8 Å². The second kappa shape index (κ2) is 10.2. The molecule has 0 spiro atoms. The molecule has 168 valence electrons. The average Bonchev–Trinajstić information content (AvgIpc) is 3.24. The Balaban J connectivity index is 1.51. The predicted octanol–water partition coefficient (Wildman–Crippen LogP) is 6.15. The Labute approximate surface area is 205 Å². The van der Waals surface area contributed by atoms with Crippen molar-refractivity contribution in [3.8, 4) is 22.1 Å². The van der Waals surface area contributed by atoms with Crippen molar-refractivity contribution in [1.29, 1.82) is 0 Å². The minimum atomic E-state index is -0.390. The highest BCUT2D eigenvalue weighted by Gasteiger charge is 2.14. The molecule has 1 heterocycles. The molecule has 0 aliphatic carbocycles. The second-order valence-electron chi connectivity index (χ2n) is 6.89. The number of anilines is 1. The molecule has 0 aliphatic rings. The number of aromatic nitrogens is 1. The van der Waals surface area contributed by atoms with Crippen molar-refractivity contribution in [3.63, 3.8) is 0 Å². The number of carbonyl (C=O) groups excluding carboxylic acids is 1. The molecule has 0 unspecified atom stereocenters. The van der Waals surface area contributed by atoms with Crippen molar-refractivity contribution in [3.05, 3.63) is 71.2 Å². The number of fused-ring (bicyclic) bond motifs is 1. The number of rotatable bonds is 6. The van der Waals surface area contributed by atoms with Crippen molar-refractivity contribution < 1.29 is 14.3 Å². The highest BCUT2D eigenvalue weighted by atomic mass is 35.5. The molecule has 9 heteroatoms. The van der Waals surface area contributed by atoms with Crippen LogP contribution in [0, 0.1) is 0 Å². The van der Waals surface area contributed by atoms with E-state index >= 15 is 0 Å². The molecule has 0 fully saturated rings. The summed E-state index contributed by atoms with van der Waals surface area (Å²) in [4.78, 5) is 17.3. The minimum Gasteiger partial charge on any atom is -0.495 e. The van der Waals surface area contributed by atoms with Gasteiger partial charge >= 0.3 is 0 Å². The molecule has 6 nitrogen and oxygen atoms in total. The van der Waals surface area contributed by atoms with Crippen LogP contribution in [-0.4, -0.2) is 29.7 Å². The Morgan fingerprint density at radius 3 is 2.64 bits per heavy atom. The van der Waals surface area contributed by atoms with E-state index in [4.69, 9.17) is 38.3 Å². The number of para-hydroxylation sites is 1. The van der Waals surface area contributed by atoms with Gasteiger partial charge in [0.25, 0.3) is 5.91 Å². The molecule has 0 bridgehead atoms. The van der Waals surface area contributed by atoms with Crippen LogP contribution < -0.4 is 20.1 Å². The third-order valence-corrected chi connectivity index (χ3v) is 6.29. The largest absolute Gasteiger partial charge is 0.495 e. The number of thiazole rings is 1. The number of carbonyl (C=O) groups is 1. The summed E-state index contributed by atoms with van der Waals surface area (Å²) in [6.07, 6.45) is 0. The van der Waals surface area contributed by atoms with Crippen LogP contribution in [0.15, 0.2) is 60.7 Å². The lowest BCUT2D eigenvalue weighted by molar-refractivity contribution is 0.0977. The molecule has 2 N–H and O–H groups in total. The number of nitrogens with one attached hydrogen (secondary N) is 2. The maximum atomic E-state index is 12.6. The molecule has 4 rings (SSSR count). The lowest BCUT2D eigenvalue weighted by atomic mass is 10.2. The third kappa shape index (κ3) is 5.24. The summed E-state index contributed by atoms with van der Waals surface area (Å²) in [6.45, 7) is 2.35. The second-order valence-corrected chi connectivity index (χ2v) is 8.73. The van der Waals surface area contributed by atoms with E-state index in [-0.39, 0.29) is 5.11 Å². The van der Waals surface area contributed by atoms with Gasteiger partial charge in [0.15, 0.2) is 5.11 Å². The number of hydrogen-bond donors (Lipinski definition) is 2. The van der Waals surface area contributed by atoms with E-state index < -0.39 is 5.91 Å². The van der Waals surface area contributed by atoms with Gasteiger partial charge in [-0.1, -0.05) is 23.7 Å². The number of methoxy groups -OCH3 is 1. The smallest absolute Gasteiger partial charge is 0.257 e. The van der Waals surface area contributed by atoms with Crippen LogP contribution in [0.1, 0.15) is 17.3 Å². The standard InChI is InChI=1S/C24H20ClN3O3S2/c1-3-31-19-10-8-14(12-16(19)25)22(29)28-24(32)27-18-13-15(9-11-20(18)30-2)23-26-17-6-4-5-7-21(17)33-23/h4-13H,3H2,1-2H3,(H2,27,28,29,32). The molecule has 0 aliphatic heterocycles. The average molecular weight is 498 g/mol. The van der Waals surface area contributed by atoms with Gasteiger partial charge in [-0.25, -0.2) is 4.98 Å². The Bertz CT molecular complexity index is 1310. The number of thiocarbonyl (C=S) groups is 1. The normalized spacial score (nSPS) is 10.6. The zero-order valence-electron chi connectivity index (χ0n) is 17.8. The van der Waals surface area contributed by atoms with Gasteiger partial charge in [0.1, 0.15) is 16.5 Å². The van der Waals surface area contributed by atoms with Gasteiger partial charge in [-0.3, -0.25) is 10.1 Å². The molecule has 1 amide bonds. The third-order valence-electron chi connectivity index (χ3n) is 4.71. The van der Waals surface area contributed by atoms with Gasteiger partial charge in [-0.05, 0) is 67.7 Å². The molecule has 0 saturated carbocycles. The number of amides is 1. The summed E-state index contributed by atoms with van der Waals surface area (Å²) in [5, 5.41) is 7.08. The van der Waals surface area contributed by atoms with Crippen LogP contribution in [0.2, 0.25) is 5.02 Å². The SMILES string of the molecule is CCOc1ccc(C(=O)NC(=S)Nc2cc(-c3nc4ccccc4s3)ccc2OC)cc1Cl. The number of nitrogens with zero attached hydrogens (tertiary/aromatic N) is 1. The molecule has 0 atom stereocenters. The molecule has 0 saturated heterocycles. The van der Waals surface area contributed by atoms with Crippen LogP contribution in [0.3, 0.4) is 0 Å². The molecule has 1 aromatic heterocycles. The first kappa shape index (κ1) is 23.0. The Morgan fingerprint density at radius 1 is 1.12 bits per heavy atom. The minimum absolute atomic E-state index is 0.129. The lowest BCUT2D eigenvalue weighted by Crippen LogP contribution is -2.34. The quantitative estimate of drug-likeness (QED) is 0.311. The van der Waals surface area contributed by atoms with Crippen LogP contribution in [0.25, 0.3) is 20.8 Å². The van der Waals surface area contributed by atoms with E-state index in [2.05, 4.69) is 10.6 Å². The molecule has 0 radical (unpaired) electrons. The van der Waals surface area contributed by atoms with Crippen LogP contribution >= 0.6 is 35.2 Å². The van der Waals surface area contributed by atoms with Crippen molar-refractivity contribution in [2.75, 3.05) is 19.0 Å². The summed E-state index contributed by atoms with van der Waals surface area (Å²) in [6, 6.07) is 18.5. The summed E-state index contributed by atoms with van der Waals surface area (Å²) >= 11 is 13.2. The van der Waals surface area contributed by atoms with Crippen molar-refractivity contribution in [2.24, 2.45) is 0 Å². The van der Waals surface area contributed by atoms with Crippen LogP contribution in [0.5, 0.6) is 11.5 Å². The molecule has 33 heavy (non-hydrogen) atoms. The highest BCUT2D eigenvalue weighted by Crippen LogP contribution is 2.35. The van der Waals surface area contributed by atoms with E-state index in [0.717, 1.165) is 20.8 Å². The molecule has 4 aromatic rings. The zero-order valence-corrected chi connectivity index (χ0v) is 20.2.